The highest BCUT2D eigenvalue weighted by molar-refractivity contribution is 4.98. The zero-order chi connectivity index (χ0) is 9.86. The van der Waals surface area contributed by atoms with E-state index in [1.54, 1.807) is 0 Å². The fourth-order valence-corrected chi connectivity index (χ4v) is 2.25. The number of rotatable bonds is 4. The van der Waals surface area contributed by atoms with Crippen LogP contribution >= 0.6 is 0 Å². The summed E-state index contributed by atoms with van der Waals surface area (Å²) in [5.41, 5.74) is 6.18. The molecule has 0 bridgehead atoms. The fraction of sp³-hybridized carbons (Fsp3) is 1.00. The molecule has 2 aliphatic rings. The minimum atomic E-state index is 0.171. The van der Waals surface area contributed by atoms with E-state index in [1.165, 1.54) is 51.4 Å². The Balaban J connectivity index is 1.59. The van der Waals surface area contributed by atoms with Crippen molar-refractivity contribution in [3.05, 3.63) is 0 Å². The van der Waals surface area contributed by atoms with Gasteiger partial charge < -0.3 is 10.5 Å². The van der Waals surface area contributed by atoms with Crippen molar-refractivity contribution in [2.24, 2.45) is 5.73 Å². The molecule has 2 aliphatic carbocycles. The standard InChI is InChI=1S/C12H23NO/c13-12(7-8-12)9-10-14-11-5-3-1-2-4-6-11/h11H,1-10,13H2. The zero-order valence-corrected chi connectivity index (χ0v) is 9.13. The molecule has 2 nitrogen and oxygen atoms in total. The lowest BCUT2D eigenvalue weighted by molar-refractivity contribution is 0.0381. The Bertz CT molecular complexity index is 169. The Labute approximate surface area is 87.2 Å². The van der Waals surface area contributed by atoms with Crippen LogP contribution in [0.15, 0.2) is 0 Å². The molecule has 0 aromatic rings. The molecule has 0 aromatic carbocycles. The Morgan fingerprint density at radius 2 is 1.71 bits per heavy atom. The summed E-state index contributed by atoms with van der Waals surface area (Å²) in [4.78, 5) is 0. The van der Waals surface area contributed by atoms with Crippen LogP contribution in [0.1, 0.15) is 57.8 Å². The van der Waals surface area contributed by atoms with Crippen LogP contribution in [0.25, 0.3) is 0 Å². The lowest BCUT2D eigenvalue weighted by Gasteiger charge is -2.16. The molecule has 0 aliphatic heterocycles. The average Bonchev–Trinajstić information content (AvgIpc) is 2.92. The van der Waals surface area contributed by atoms with Gasteiger partial charge in [-0.1, -0.05) is 25.7 Å². The molecule has 0 saturated heterocycles. The number of hydrogen-bond donors (Lipinski definition) is 1. The van der Waals surface area contributed by atoms with Gasteiger partial charge in [-0.3, -0.25) is 0 Å². The summed E-state index contributed by atoms with van der Waals surface area (Å²) in [7, 11) is 0. The van der Waals surface area contributed by atoms with Crippen LogP contribution < -0.4 is 5.73 Å². The summed E-state index contributed by atoms with van der Waals surface area (Å²) >= 11 is 0. The third-order valence-electron chi connectivity index (χ3n) is 3.65. The van der Waals surface area contributed by atoms with Crippen LogP contribution in [-0.4, -0.2) is 18.2 Å². The van der Waals surface area contributed by atoms with E-state index in [4.69, 9.17) is 10.5 Å². The maximum absolute atomic E-state index is 6.01. The molecular weight excluding hydrogens is 174 g/mol. The van der Waals surface area contributed by atoms with Gasteiger partial charge in [-0.15, -0.1) is 0 Å². The number of hydrogen-bond acceptors (Lipinski definition) is 2. The molecule has 0 heterocycles. The molecule has 14 heavy (non-hydrogen) atoms. The molecule has 2 rings (SSSR count). The van der Waals surface area contributed by atoms with E-state index in [-0.39, 0.29) is 5.54 Å². The number of ether oxygens (including phenoxy) is 1. The van der Waals surface area contributed by atoms with Crippen molar-refractivity contribution in [2.45, 2.75) is 69.4 Å². The second-order valence-corrected chi connectivity index (χ2v) is 5.10. The molecular formula is C12H23NO. The van der Waals surface area contributed by atoms with E-state index in [2.05, 4.69) is 0 Å². The van der Waals surface area contributed by atoms with E-state index in [0.717, 1.165) is 13.0 Å². The van der Waals surface area contributed by atoms with Crippen molar-refractivity contribution in [1.82, 2.24) is 0 Å². The van der Waals surface area contributed by atoms with Crippen LogP contribution in [0.4, 0.5) is 0 Å². The summed E-state index contributed by atoms with van der Waals surface area (Å²) in [6.07, 6.45) is 12.1. The van der Waals surface area contributed by atoms with Gasteiger partial charge in [0.15, 0.2) is 0 Å². The highest BCUT2D eigenvalue weighted by Crippen LogP contribution is 2.35. The SMILES string of the molecule is NC1(CCOC2CCCCCC2)CC1. The maximum Gasteiger partial charge on any atom is 0.0575 e. The molecule has 82 valence electrons. The maximum atomic E-state index is 6.01. The van der Waals surface area contributed by atoms with E-state index in [1.807, 2.05) is 0 Å². The zero-order valence-electron chi connectivity index (χ0n) is 9.13. The second-order valence-electron chi connectivity index (χ2n) is 5.10. The van der Waals surface area contributed by atoms with Gasteiger partial charge >= 0.3 is 0 Å². The Hall–Kier alpha value is -0.0800. The average molecular weight is 197 g/mol. The van der Waals surface area contributed by atoms with Crippen LogP contribution in [0.2, 0.25) is 0 Å². The van der Waals surface area contributed by atoms with Crippen molar-refractivity contribution < 1.29 is 4.74 Å². The van der Waals surface area contributed by atoms with Crippen LogP contribution in [-0.2, 0) is 4.74 Å². The monoisotopic (exact) mass is 197 g/mol. The molecule has 0 aromatic heterocycles. The van der Waals surface area contributed by atoms with Gasteiger partial charge in [0.2, 0.25) is 0 Å². The van der Waals surface area contributed by atoms with E-state index < -0.39 is 0 Å². The first-order valence-corrected chi connectivity index (χ1v) is 6.19. The van der Waals surface area contributed by atoms with Crippen LogP contribution in [0.3, 0.4) is 0 Å². The van der Waals surface area contributed by atoms with Gasteiger partial charge in [-0.25, -0.2) is 0 Å². The molecule has 2 fully saturated rings. The van der Waals surface area contributed by atoms with Gasteiger partial charge in [0.1, 0.15) is 0 Å². The summed E-state index contributed by atoms with van der Waals surface area (Å²) in [5, 5.41) is 0. The van der Waals surface area contributed by atoms with E-state index in [9.17, 15) is 0 Å². The van der Waals surface area contributed by atoms with Crippen LogP contribution in [0, 0.1) is 0 Å². The van der Waals surface area contributed by atoms with Crippen molar-refractivity contribution in [2.75, 3.05) is 6.61 Å². The summed E-state index contributed by atoms with van der Waals surface area (Å²) in [5.74, 6) is 0. The molecule has 0 atom stereocenters. The molecule has 2 N–H and O–H groups in total. The van der Waals surface area contributed by atoms with Gasteiger partial charge in [-0.2, -0.15) is 0 Å². The number of nitrogens with two attached hydrogens (primary N) is 1. The smallest absolute Gasteiger partial charge is 0.0575 e. The largest absolute Gasteiger partial charge is 0.378 e. The first-order valence-electron chi connectivity index (χ1n) is 6.19. The van der Waals surface area contributed by atoms with Crippen molar-refractivity contribution >= 4 is 0 Å². The highest BCUT2D eigenvalue weighted by atomic mass is 16.5. The van der Waals surface area contributed by atoms with Crippen LogP contribution in [0.5, 0.6) is 0 Å². The van der Waals surface area contributed by atoms with E-state index >= 15 is 0 Å². The van der Waals surface area contributed by atoms with Gasteiger partial charge in [0, 0.05) is 12.1 Å². The van der Waals surface area contributed by atoms with Gasteiger partial charge in [-0.05, 0) is 32.1 Å². The minimum Gasteiger partial charge on any atom is -0.378 e. The van der Waals surface area contributed by atoms with Gasteiger partial charge in [0.25, 0.3) is 0 Å². The predicted molar refractivity (Wildman–Crippen MR) is 58.2 cm³/mol. The highest BCUT2D eigenvalue weighted by Gasteiger charge is 2.37. The van der Waals surface area contributed by atoms with Crippen molar-refractivity contribution in [3.8, 4) is 0 Å². The minimum absolute atomic E-state index is 0.171. The summed E-state index contributed by atoms with van der Waals surface area (Å²) in [6, 6.07) is 0. The normalized spacial score (nSPS) is 27.2. The lowest BCUT2D eigenvalue weighted by Crippen LogP contribution is -2.25. The Morgan fingerprint density at radius 3 is 2.29 bits per heavy atom. The Morgan fingerprint density at radius 1 is 1.07 bits per heavy atom. The topological polar surface area (TPSA) is 35.2 Å². The third-order valence-corrected chi connectivity index (χ3v) is 3.65. The molecule has 0 unspecified atom stereocenters. The predicted octanol–water partition coefficient (Wildman–Crippen LogP) is 2.61. The van der Waals surface area contributed by atoms with Gasteiger partial charge in [0.05, 0.1) is 6.10 Å². The van der Waals surface area contributed by atoms with Crippen molar-refractivity contribution in [3.63, 3.8) is 0 Å². The Kier molecular flexibility index (Phi) is 3.45. The third kappa shape index (κ3) is 3.25. The fourth-order valence-electron chi connectivity index (χ4n) is 2.25. The quantitative estimate of drug-likeness (QED) is 0.703. The molecule has 2 heteroatoms. The first-order chi connectivity index (χ1) is 6.79. The molecule has 2 saturated carbocycles. The lowest BCUT2D eigenvalue weighted by atomic mass is 10.1. The van der Waals surface area contributed by atoms with E-state index in [0.29, 0.717) is 6.10 Å². The molecule has 0 amide bonds. The molecule has 0 radical (unpaired) electrons. The second kappa shape index (κ2) is 4.63. The summed E-state index contributed by atoms with van der Waals surface area (Å²) in [6.45, 7) is 0.890. The summed E-state index contributed by atoms with van der Waals surface area (Å²) < 4.78 is 5.90. The first kappa shape index (κ1) is 10.4. The van der Waals surface area contributed by atoms with Crippen molar-refractivity contribution in [1.29, 1.82) is 0 Å². The molecule has 0 spiro atoms.